The zero-order valence-electron chi connectivity index (χ0n) is 10.2. The number of hydrogen-bond donors (Lipinski definition) is 1. The molecule has 2 nitrogen and oxygen atoms in total. The number of aliphatic hydroxyl groups excluding tert-OH is 1. The van der Waals surface area contributed by atoms with Gasteiger partial charge in [0, 0.05) is 11.1 Å². The molecule has 0 aliphatic rings. The molecule has 0 heterocycles. The molecule has 2 rings (SSSR count). The molecular weight excluding hydrogens is 250 g/mol. The highest BCUT2D eigenvalue weighted by Gasteiger charge is 2.32. The minimum absolute atomic E-state index is 0.0866. The number of hydrogen-bond acceptors (Lipinski definition) is 2. The van der Waals surface area contributed by atoms with Gasteiger partial charge in [0.2, 0.25) is 0 Å². The van der Waals surface area contributed by atoms with E-state index in [1.807, 2.05) is 0 Å². The lowest BCUT2D eigenvalue weighted by atomic mass is 10.1. The van der Waals surface area contributed by atoms with Crippen LogP contribution in [-0.4, -0.2) is 11.7 Å². The van der Waals surface area contributed by atoms with Crippen LogP contribution in [0.5, 0.6) is 5.75 Å². The van der Waals surface area contributed by atoms with Gasteiger partial charge in [-0.15, -0.1) is 0 Å². The predicted molar refractivity (Wildman–Crippen MR) is 68.2 cm³/mol. The summed E-state index contributed by atoms with van der Waals surface area (Å²) in [5.74, 6) is -2.79. The molecule has 0 fully saturated rings. The first-order valence-corrected chi connectivity index (χ1v) is 5.88. The van der Waals surface area contributed by atoms with Crippen molar-refractivity contribution in [2.45, 2.75) is 12.5 Å². The van der Waals surface area contributed by atoms with Crippen molar-refractivity contribution in [2.24, 2.45) is 0 Å². The molecule has 0 saturated carbocycles. The molecular formula is C15H14F2O2. The van der Waals surface area contributed by atoms with Crippen molar-refractivity contribution in [1.82, 2.24) is 0 Å². The van der Waals surface area contributed by atoms with Crippen LogP contribution >= 0.6 is 0 Å². The summed E-state index contributed by atoms with van der Waals surface area (Å²) in [5.41, 5.74) is 0.405. The van der Waals surface area contributed by atoms with Gasteiger partial charge < -0.3 is 9.84 Å². The summed E-state index contributed by atoms with van der Waals surface area (Å²) in [7, 11) is 0. The average molecular weight is 264 g/mol. The summed E-state index contributed by atoms with van der Waals surface area (Å²) in [5, 5.41) is 9.10. The maximum Gasteiger partial charge on any atom is 0.306 e. The quantitative estimate of drug-likeness (QED) is 0.897. The van der Waals surface area contributed by atoms with Gasteiger partial charge in [-0.2, -0.15) is 8.78 Å². The van der Waals surface area contributed by atoms with E-state index in [0.717, 1.165) is 0 Å². The van der Waals surface area contributed by atoms with Crippen LogP contribution in [-0.2, 0) is 12.5 Å². The molecule has 1 N–H and O–H groups in total. The maximum atomic E-state index is 13.9. The van der Waals surface area contributed by atoms with Crippen LogP contribution in [0.4, 0.5) is 8.78 Å². The smallest absolute Gasteiger partial charge is 0.306 e. The Balaban J connectivity index is 2.10. The van der Waals surface area contributed by atoms with Crippen molar-refractivity contribution in [1.29, 1.82) is 0 Å². The lowest BCUT2D eigenvalue weighted by Gasteiger charge is -2.18. The Morgan fingerprint density at radius 1 is 0.947 bits per heavy atom. The number of halogens is 2. The van der Waals surface area contributed by atoms with Gasteiger partial charge in [0.15, 0.2) is 6.61 Å². The SMILES string of the molecule is OCc1ccccc1OCC(F)(F)c1ccccc1. The zero-order chi connectivity index (χ0) is 13.7. The summed E-state index contributed by atoms with van der Waals surface area (Å²) < 4.78 is 32.9. The largest absolute Gasteiger partial charge is 0.487 e. The molecule has 0 spiro atoms. The molecule has 0 radical (unpaired) electrons. The van der Waals surface area contributed by atoms with Gasteiger partial charge in [-0.1, -0.05) is 48.5 Å². The van der Waals surface area contributed by atoms with Gasteiger partial charge in [-0.25, -0.2) is 0 Å². The number of para-hydroxylation sites is 1. The standard InChI is InChI=1S/C15H14F2O2/c16-15(17,13-7-2-1-3-8-13)11-19-14-9-5-4-6-12(14)10-18/h1-9,18H,10-11H2. The number of ether oxygens (including phenoxy) is 1. The molecule has 0 atom stereocenters. The Hall–Kier alpha value is -1.94. The molecule has 0 amide bonds. The Labute approximate surface area is 110 Å². The van der Waals surface area contributed by atoms with Crippen molar-refractivity contribution in [3.05, 3.63) is 65.7 Å². The lowest BCUT2D eigenvalue weighted by molar-refractivity contribution is -0.0471. The molecule has 0 saturated heterocycles. The predicted octanol–water partition coefficient (Wildman–Crippen LogP) is 3.35. The van der Waals surface area contributed by atoms with Crippen LogP contribution < -0.4 is 4.74 Å². The third kappa shape index (κ3) is 3.29. The monoisotopic (exact) mass is 264 g/mol. The van der Waals surface area contributed by atoms with Crippen molar-refractivity contribution >= 4 is 0 Å². The molecule has 0 aliphatic carbocycles. The van der Waals surface area contributed by atoms with Gasteiger partial charge in [0.1, 0.15) is 5.75 Å². The van der Waals surface area contributed by atoms with E-state index in [-0.39, 0.29) is 17.9 Å². The molecule has 19 heavy (non-hydrogen) atoms. The van der Waals surface area contributed by atoms with Gasteiger partial charge in [0.25, 0.3) is 0 Å². The second-order valence-electron chi connectivity index (χ2n) is 4.12. The number of alkyl halides is 2. The second-order valence-corrected chi connectivity index (χ2v) is 4.12. The summed E-state index contributed by atoms with van der Waals surface area (Å²) in [6, 6.07) is 14.1. The summed E-state index contributed by atoms with van der Waals surface area (Å²) in [4.78, 5) is 0. The van der Waals surface area contributed by atoms with Crippen molar-refractivity contribution in [2.75, 3.05) is 6.61 Å². The molecule has 0 aliphatic heterocycles. The first-order chi connectivity index (χ1) is 9.13. The highest BCUT2D eigenvalue weighted by molar-refractivity contribution is 5.33. The minimum Gasteiger partial charge on any atom is -0.487 e. The van der Waals surface area contributed by atoms with E-state index >= 15 is 0 Å². The summed E-state index contributed by atoms with van der Waals surface area (Å²) in [6.45, 7) is -0.999. The van der Waals surface area contributed by atoms with Crippen LogP contribution in [0, 0.1) is 0 Å². The van der Waals surface area contributed by atoms with Crippen LogP contribution in [0.2, 0.25) is 0 Å². The van der Waals surface area contributed by atoms with Crippen molar-refractivity contribution in [3.8, 4) is 5.75 Å². The molecule has 0 bridgehead atoms. The van der Waals surface area contributed by atoms with Gasteiger partial charge in [0.05, 0.1) is 6.61 Å². The van der Waals surface area contributed by atoms with Gasteiger partial charge in [-0.3, -0.25) is 0 Å². The van der Waals surface area contributed by atoms with Crippen LogP contribution in [0.25, 0.3) is 0 Å². The van der Waals surface area contributed by atoms with Crippen molar-refractivity contribution < 1.29 is 18.6 Å². The molecule has 100 valence electrons. The fourth-order valence-electron chi connectivity index (χ4n) is 1.71. The van der Waals surface area contributed by atoms with E-state index in [9.17, 15) is 8.78 Å². The van der Waals surface area contributed by atoms with E-state index in [1.165, 1.54) is 12.1 Å². The normalized spacial score (nSPS) is 11.3. The molecule has 2 aromatic rings. The fraction of sp³-hybridized carbons (Fsp3) is 0.200. The molecule has 2 aromatic carbocycles. The third-order valence-electron chi connectivity index (χ3n) is 2.75. The van der Waals surface area contributed by atoms with E-state index < -0.39 is 12.5 Å². The van der Waals surface area contributed by atoms with E-state index in [4.69, 9.17) is 9.84 Å². The first kappa shape index (κ1) is 13.5. The summed E-state index contributed by atoms with van der Waals surface area (Å²) >= 11 is 0. The average Bonchev–Trinajstić information content (AvgIpc) is 2.46. The minimum atomic E-state index is -3.07. The van der Waals surface area contributed by atoms with Crippen LogP contribution in [0.1, 0.15) is 11.1 Å². The highest BCUT2D eigenvalue weighted by Crippen LogP contribution is 2.29. The summed E-state index contributed by atoms with van der Waals surface area (Å²) in [6.07, 6.45) is 0. The second kappa shape index (κ2) is 5.80. The number of aliphatic hydroxyl groups is 1. The highest BCUT2D eigenvalue weighted by atomic mass is 19.3. The topological polar surface area (TPSA) is 29.5 Å². The van der Waals surface area contributed by atoms with Crippen molar-refractivity contribution in [3.63, 3.8) is 0 Å². The maximum absolute atomic E-state index is 13.9. The Bertz CT molecular complexity index is 527. The first-order valence-electron chi connectivity index (χ1n) is 5.88. The number of benzene rings is 2. The molecule has 0 unspecified atom stereocenters. The lowest BCUT2D eigenvalue weighted by Crippen LogP contribution is -2.23. The molecule has 0 aromatic heterocycles. The van der Waals surface area contributed by atoms with E-state index in [1.54, 1.807) is 42.5 Å². The van der Waals surface area contributed by atoms with E-state index in [2.05, 4.69) is 0 Å². The number of rotatable bonds is 5. The zero-order valence-corrected chi connectivity index (χ0v) is 10.2. The Morgan fingerprint density at radius 3 is 2.26 bits per heavy atom. The fourth-order valence-corrected chi connectivity index (χ4v) is 1.71. The Morgan fingerprint density at radius 2 is 1.58 bits per heavy atom. The van der Waals surface area contributed by atoms with Gasteiger partial charge >= 0.3 is 5.92 Å². The molecule has 4 heteroatoms. The van der Waals surface area contributed by atoms with Crippen LogP contribution in [0.15, 0.2) is 54.6 Å². The Kier molecular flexibility index (Phi) is 4.12. The van der Waals surface area contributed by atoms with Gasteiger partial charge in [-0.05, 0) is 6.07 Å². The third-order valence-corrected chi connectivity index (χ3v) is 2.75. The van der Waals surface area contributed by atoms with Crippen LogP contribution in [0.3, 0.4) is 0 Å². The van der Waals surface area contributed by atoms with E-state index in [0.29, 0.717) is 5.56 Å².